The molecule has 0 aliphatic carbocycles. The zero-order valence-electron chi connectivity index (χ0n) is 11.8. The second-order valence-electron chi connectivity index (χ2n) is 4.51. The third-order valence-corrected chi connectivity index (χ3v) is 4.09. The van der Waals surface area contributed by atoms with Gasteiger partial charge in [0.2, 0.25) is 5.95 Å². The van der Waals surface area contributed by atoms with E-state index in [9.17, 15) is 0 Å². The molecule has 0 aliphatic rings. The van der Waals surface area contributed by atoms with Crippen molar-refractivity contribution in [2.45, 2.75) is 26.7 Å². The fraction of sp³-hybridized carbons (Fsp3) is 0.357. The van der Waals surface area contributed by atoms with Crippen LogP contribution in [0.1, 0.15) is 25.2 Å². The van der Waals surface area contributed by atoms with E-state index >= 15 is 0 Å². The minimum Gasteiger partial charge on any atom is -0.357 e. The van der Waals surface area contributed by atoms with Crippen LogP contribution in [-0.2, 0) is 12.8 Å². The molecule has 3 rings (SSSR count). The van der Waals surface area contributed by atoms with Crippen molar-refractivity contribution in [3.63, 3.8) is 0 Å². The summed E-state index contributed by atoms with van der Waals surface area (Å²) in [7, 11) is 1.83. The highest BCUT2D eigenvalue weighted by Crippen LogP contribution is 2.26. The summed E-state index contributed by atoms with van der Waals surface area (Å²) in [6.07, 6.45) is 1.86. The Morgan fingerprint density at radius 3 is 2.80 bits per heavy atom. The van der Waals surface area contributed by atoms with Crippen LogP contribution in [0.4, 0.5) is 5.95 Å². The maximum Gasteiger partial charge on any atom is 0.225 e. The third kappa shape index (κ3) is 2.06. The molecule has 0 aliphatic heterocycles. The molecule has 0 spiro atoms. The molecule has 0 bridgehead atoms. The highest BCUT2D eigenvalue weighted by Gasteiger charge is 2.14. The summed E-state index contributed by atoms with van der Waals surface area (Å²) in [4.78, 5) is 10.1. The highest BCUT2D eigenvalue weighted by molar-refractivity contribution is 7.16. The van der Waals surface area contributed by atoms with E-state index in [-0.39, 0.29) is 0 Å². The fourth-order valence-corrected chi connectivity index (χ4v) is 2.95. The standard InChI is InChI=1S/C14H17N5S/c1-4-9-8-10(5-2)19(18-9)12-11-6-7-20-13(11)17-14(15-3)16-12/h6-8H,4-5H2,1-3H3,(H,15,16,17). The van der Waals surface area contributed by atoms with Gasteiger partial charge in [0.05, 0.1) is 11.1 Å². The number of thiophene rings is 1. The van der Waals surface area contributed by atoms with Crippen molar-refractivity contribution in [1.29, 1.82) is 0 Å². The van der Waals surface area contributed by atoms with Crippen molar-refractivity contribution in [2.75, 3.05) is 12.4 Å². The van der Waals surface area contributed by atoms with Gasteiger partial charge in [-0.15, -0.1) is 11.3 Å². The number of fused-ring (bicyclic) bond motifs is 1. The molecule has 6 heteroatoms. The van der Waals surface area contributed by atoms with E-state index in [2.05, 4.69) is 46.4 Å². The van der Waals surface area contributed by atoms with E-state index in [1.165, 1.54) is 5.69 Å². The summed E-state index contributed by atoms with van der Waals surface area (Å²) in [6, 6.07) is 4.21. The van der Waals surface area contributed by atoms with Crippen LogP contribution in [0.3, 0.4) is 0 Å². The van der Waals surface area contributed by atoms with E-state index in [1.807, 2.05) is 17.1 Å². The number of nitrogens with zero attached hydrogens (tertiary/aromatic N) is 4. The van der Waals surface area contributed by atoms with Crippen LogP contribution in [-0.4, -0.2) is 26.8 Å². The first kappa shape index (κ1) is 13.1. The minimum absolute atomic E-state index is 0.630. The molecule has 0 radical (unpaired) electrons. The molecule has 0 saturated carbocycles. The Morgan fingerprint density at radius 1 is 1.25 bits per heavy atom. The van der Waals surface area contributed by atoms with Gasteiger partial charge < -0.3 is 5.32 Å². The molecule has 3 aromatic rings. The van der Waals surface area contributed by atoms with Crippen LogP contribution in [0, 0.1) is 0 Å². The molecule has 3 aromatic heterocycles. The Morgan fingerprint density at radius 2 is 2.10 bits per heavy atom. The van der Waals surface area contributed by atoms with Crippen molar-refractivity contribution in [1.82, 2.24) is 19.7 Å². The van der Waals surface area contributed by atoms with Crippen LogP contribution >= 0.6 is 11.3 Å². The normalized spacial score (nSPS) is 11.2. The summed E-state index contributed by atoms with van der Waals surface area (Å²) >= 11 is 1.62. The fourth-order valence-electron chi connectivity index (χ4n) is 2.20. The first-order chi connectivity index (χ1) is 9.76. The molecule has 0 unspecified atom stereocenters. The van der Waals surface area contributed by atoms with E-state index in [4.69, 9.17) is 0 Å². The summed E-state index contributed by atoms with van der Waals surface area (Å²) in [6.45, 7) is 4.25. The number of hydrogen-bond donors (Lipinski definition) is 1. The molecule has 0 saturated heterocycles. The summed E-state index contributed by atoms with van der Waals surface area (Å²) in [5.41, 5.74) is 2.27. The van der Waals surface area contributed by atoms with Crippen LogP contribution in [0.25, 0.3) is 16.0 Å². The van der Waals surface area contributed by atoms with Crippen LogP contribution in [0.2, 0.25) is 0 Å². The average molecular weight is 287 g/mol. The Kier molecular flexibility index (Phi) is 3.40. The lowest BCUT2D eigenvalue weighted by Crippen LogP contribution is -2.07. The van der Waals surface area contributed by atoms with Gasteiger partial charge in [0.15, 0.2) is 5.82 Å². The van der Waals surface area contributed by atoms with Crippen molar-refractivity contribution < 1.29 is 0 Å². The zero-order valence-corrected chi connectivity index (χ0v) is 12.7. The molecule has 0 atom stereocenters. The number of rotatable bonds is 4. The molecule has 20 heavy (non-hydrogen) atoms. The lowest BCUT2D eigenvalue weighted by atomic mass is 10.2. The van der Waals surface area contributed by atoms with Gasteiger partial charge in [-0.25, -0.2) is 9.67 Å². The Balaban J connectivity index is 2.27. The minimum atomic E-state index is 0.630. The molecule has 0 amide bonds. The number of hydrogen-bond acceptors (Lipinski definition) is 5. The topological polar surface area (TPSA) is 55.6 Å². The van der Waals surface area contributed by atoms with Gasteiger partial charge >= 0.3 is 0 Å². The third-order valence-electron chi connectivity index (χ3n) is 3.29. The van der Waals surface area contributed by atoms with E-state index < -0.39 is 0 Å². The maximum absolute atomic E-state index is 4.68. The van der Waals surface area contributed by atoms with Crippen molar-refractivity contribution in [3.8, 4) is 5.82 Å². The van der Waals surface area contributed by atoms with Gasteiger partial charge in [-0.05, 0) is 30.4 Å². The maximum atomic E-state index is 4.68. The number of aryl methyl sites for hydroxylation is 2. The van der Waals surface area contributed by atoms with Gasteiger partial charge in [0, 0.05) is 12.7 Å². The second-order valence-corrected chi connectivity index (χ2v) is 5.40. The lowest BCUT2D eigenvalue weighted by molar-refractivity contribution is 0.777. The Hall–Kier alpha value is -1.95. The van der Waals surface area contributed by atoms with Gasteiger partial charge in [0.1, 0.15) is 4.83 Å². The smallest absolute Gasteiger partial charge is 0.225 e. The lowest BCUT2D eigenvalue weighted by Gasteiger charge is -2.08. The summed E-state index contributed by atoms with van der Waals surface area (Å²) in [5, 5.41) is 10.8. The van der Waals surface area contributed by atoms with Gasteiger partial charge in [0.25, 0.3) is 0 Å². The summed E-state index contributed by atoms with van der Waals surface area (Å²) < 4.78 is 1.95. The van der Waals surface area contributed by atoms with Gasteiger partial charge in [-0.1, -0.05) is 13.8 Å². The summed E-state index contributed by atoms with van der Waals surface area (Å²) in [5.74, 6) is 1.49. The van der Waals surface area contributed by atoms with E-state index in [1.54, 1.807) is 11.3 Å². The van der Waals surface area contributed by atoms with E-state index in [0.717, 1.165) is 34.6 Å². The van der Waals surface area contributed by atoms with Crippen LogP contribution in [0.5, 0.6) is 0 Å². The predicted molar refractivity (Wildman–Crippen MR) is 82.8 cm³/mol. The average Bonchev–Trinajstić information content (AvgIpc) is 3.11. The molecule has 0 aromatic carbocycles. The monoisotopic (exact) mass is 287 g/mol. The molecule has 1 N–H and O–H groups in total. The van der Waals surface area contributed by atoms with Crippen molar-refractivity contribution in [3.05, 3.63) is 28.9 Å². The molecular weight excluding hydrogens is 270 g/mol. The number of nitrogens with one attached hydrogen (secondary N) is 1. The SMILES string of the molecule is CCc1cc(CC)n(-c2nc(NC)nc3sccc23)n1. The van der Waals surface area contributed by atoms with E-state index in [0.29, 0.717) is 5.95 Å². The molecule has 104 valence electrons. The van der Waals surface area contributed by atoms with Gasteiger partial charge in [-0.2, -0.15) is 10.1 Å². The predicted octanol–water partition coefficient (Wildman–Crippen LogP) is 3.04. The first-order valence-corrected chi connectivity index (χ1v) is 7.66. The molecule has 5 nitrogen and oxygen atoms in total. The number of aromatic nitrogens is 4. The molecular formula is C14H17N5S. The zero-order chi connectivity index (χ0) is 14.1. The van der Waals surface area contributed by atoms with Crippen LogP contribution < -0.4 is 5.32 Å². The quantitative estimate of drug-likeness (QED) is 0.801. The molecule has 3 heterocycles. The number of anilines is 1. The Labute approximate surface area is 121 Å². The van der Waals surface area contributed by atoms with Gasteiger partial charge in [-0.3, -0.25) is 0 Å². The highest BCUT2D eigenvalue weighted by atomic mass is 32.1. The Bertz CT molecular complexity index is 743. The molecule has 0 fully saturated rings. The largest absolute Gasteiger partial charge is 0.357 e. The first-order valence-electron chi connectivity index (χ1n) is 6.78. The van der Waals surface area contributed by atoms with Crippen molar-refractivity contribution in [2.24, 2.45) is 0 Å². The van der Waals surface area contributed by atoms with Crippen molar-refractivity contribution >= 4 is 27.5 Å². The van der Waals surface area contributed by atoms with Crippen LogP contribution in [0.15, 0.2) is 17.5 Å². The second kappa shape index (κ2) is 5.20.